The molecule has 0 saturated heterocycles. The van der Waals surface area contributed by atoms with Crippen LogP contribution in [0, 0.1) is 0 Å². The zero-order valence-corrected chi connectivity index (χ0v) is 17.3. The fourth-order valence-electron chi connectivity index (χ4n) is 3.44. The van der Waals surface area contributed by atoms with E-state index >= 15 is 0 Å². The van der Waals surface area contributed by atoms with Crippen molar-refractivity contribution < 1.29 is 4.74 Å². The van der Waals surface area contributed by atoms with E-state index in [4.69, 9.17) is 14.8 Å². The largest absolute Gasteiger partial charge is 0.497 e. The van der Waals surface area contributed by atoms with Gasteiger partial charge in [-0.3, -0.25) is 4.99 Å². The maximum atomic E-state index is 5.34. The van der Waals surface area contributed by atoms with Gasteiger partial charge in [0.05, 0.1) is 19.3 Å². The van der Waals surface area contributed by atoms with Crippen LogP contribution in [0.4, 0.5) is 0 Å². The quantitative estimate of drug-likeness (QED) is 0.519. The van der Waals surface area contributed by atoms with Gasteiger partial charge in [-0.05, 0) is 61.6 Å². The number of ether oxygens (including phenoxy) is 1. The molecule has 0 N–H and O–H groups in total. The van der Waals surface area contributed by atoms with Gasteiger partial charge in [0.2, 0.25) is 4.80 Å². The summed E-state index contributed by atoms with van der Waals surface area (Å²) in [7, 11) is 1.70. The van der Waals surface area contributed by atoms with E-state index in [9.17, 15) is 0 Å². The number of fused-ring (bicyclic) bond motifs is 1. The minimum atomic E-state index is 0.627. The Bertz CT molecular complexity index is 1110. The molecule has 1 saturated carbocycles. The van der Waals surface area contributed by atoms with Crippen LogP contribution in [-0.2, 0) is 0 Å². The number of nitrogens with zero attached hydrogens (tertiary/aromatic N) is 3. The van der Waals surface area contributed by atoms with Gasteiger partial charge in [-0.15, -0.1) is 11.3 Å². The van der Waals surface area contributed by atoms with E-state index in [1.165, 1.54) is 29.3 Å². The lowest BCUT2D eigenvalue weighted by Crippen LogP contribution is -2.14. The van der Waals surface area contributed by atoms with Crippen molar-refractivity contribution in [2.24, 2.45) is 10.1 Å². The molecule has 0 unspecified atom stereocenters. The molecular formula is C23H25N3OS. The molecule has 4 rings (SSSR count). The number of rotatable bonds is 5. The standard InChI is InChI=1S/C23H25N3OS/c1-16(2)14-24-23-26(25-20-6-4-5-7-20)22(15-28-23)19-9-8-18-13-21(27-3)11-10-17(18)12-19/h8-13,15H,1,4-7,14H2,2-3H3. The van der Waals surface area contributed by atoms with Crippen molar-refractivity contribution >= 4 is 27.8 Å². The molecule has 2 aromatic carbocycles. The zero-order valence-electron chi connectivity index (χ0n) is 16.4. The summed E-state index contributed by atoms with van der Waals surface area (Å²) in [6, 6.07) is 12.7. The summed E-state index contributed by atoms with van der Waals surface area (Å²) in [5, 5.41) is 9.48. The lowest BCUT2D eigenvalue weighted by Gasteiger charge is -2.08. The summed E-state index contributed by atoms with van der Waals surface area (Å²) in [4.78, 5) is 5.66. The topological polar surface area (TPSA) is 38.9 Å². The van der Waals surface area contributed by atoms with Crippen LogP contribution in [0.2, 0.25) is 0 Å². The molecule has 1 aromatic heterocycles. The Hall–Kier alpha value is -2.66. The highest BCUT2D eigenvalue weighted by atomic mass is 32.1. The van der Waals surface area contributed by atoms with E-state index in [0.717, 1.165) is 40.2 Å². The first kappa shape index (κ1) is 18.7. The van der Waals surface area contributed by atoms with Crippen LogP contribution in [0.3, 0.4) is 0 Å². The fraction of sp³-hybridized carbons (Fsp3) is 0.304. The molecule has 1 heterocycles. The third-order valence-electron chi connectivity index (χ3n) is 4.93. The van der Waals surface area contributed by atoms with Crippen LogP contribution in [0.25, 0.3) is 22.0 Å². The predicted molar refractivity (Wildman–Crippen MR) is 118 cm³/mol. The summed E-state index contributed by atoms with van der Waals surface area (Å²) >= 11 is 1.64. The lowest BCUT2D eigenvalue weighted by atomic mass is 10.1. The minimum Gasteiger partial charge on any atom is -0.497 e. The Morgan fingerprint density at radius 3 is 2.64 bits per heavy atom. The first-order valence-corrected chi connectivity index (χ1v) is 10.5. The van der Waals surface area contributed by atoms with Gasteiger partial charge in [-0.2, -0.15) is 5.10 Å². The van der Waals surface area contributed by atoms with Gasteiger partial charge >= 0.3 is 0 Å². The van der Waals surface area contributed by atoms with Crippen molar-refractivity contribution in [3.63, 3.8) is 0 Å². The summed E-state index contributed by atoms with van der Waals surface area (Å²) in [5.74, 6) is 0.874. The highest BCUT2D eigenvalue weighted by Gasteiger charge is 2.13. The monoisotopic (exact) mass is 391 g/mol. The van der Waals surface area contributed by atoms with E-state index in [2.05, 4.69) is 42.3 Å². The zero-order chi connectivity index (χ0) is 19.5. The molecule has 1 aliphatic carbocycles. The number of hydrogen-bond acceptors (Lipinski definition) is 4. The number of hydrogen-bond donors (Lipinski definition) is 0. The first-order valence-electron chi connectivity index (χ1n) is 9.64. The molecule has 4 nitrogen and oxygen atoms in total. The van der Waals surface area contributed by atoms with Crippen LogP contribution in [0.15, 0.2) is 64.0 Å². The third-order valence-corrected chi connectivity index (χ3v) is 5.79. The van der Waals surface area contributed by atoms with Gasteiger partial charge in [-0.25, -0.2) is 4.68 Å². The van der Waals surface area contributed by atoms with Crippen LogP contribution in [0.1, 0.15) is 32.6 Å². The maximum Gasteiger partial charge on any atom is 0.206 e. The van der Waals surface area contributed by atoms with E-state index in [1.54, 1.807) is 18.4 Å². The molecule has 1 aliphatic rings. The average Bonchev–Trinajstić information content (AvgIpc) is 3.36. The second-order valence-electron chi connectivity index (χ2n) is 7.29. The number of thiazole rings is 1. The Kier molecular flexibility index (Phi) is 5.44. The highest BCUT2D eigenvalue weighted by molar-refractivity contribution is 7.07. The smallest absolute Gasteiger partial charge is 0.206 e. The molecule has 28 heavy (non-hydrogen) atoms. The van der Waals surface area contributed by atoms with Gasteiger partial charge in [0, 0.05) is 16.7 Å². The SMILES string of the molecule is C=C(C)CN=c1scc(-c2ccc3cc(OC)ccc3c2)n1N=C1CCCC1. The minimum absolute atomic E-state index is 0.627. The van der Waals surface area contributed by atoms with Gasteiger partial charge in [0.15, 0.2) is 0 Å². The Morgan fingerprint density at radius 2 is 1.89 bits per heavy atom. The summed E-state index contributed by atoms with van der Waals surface area (Å²) < 4.78 is 7.37. The highest BCUT2D eigenvalue weighted by Crippen LogP contribution is 2.28. The molecular weight excluding hydrogens is 366 g/mol. The van der Waals surface area contributed by atoms with Crippen molar-refractivity contribution in [2.45, 2.75) is 32.6 Å². The second-order valence-corrected chi connectivity index (χ2v) is 8.13. The summed E-state index contributed by atoms with van der Waals surface area (Å²) in [6.45, 7) is 6.60. The average molecular weight is 392 g/mol. The van der Waals surface area contributed by atoms with Gasteiger partial charge in [0.1, 0.15) is 5.75 Å². The first-order chi connectivity index (χ1) is 13.6. The van der Waals surface area contributed by atoms with Crippen molar-refractivity contribution in [3.8, 4) is 17.0 Å². The molecule has 3 aromatic rings. The predicted octanol–water partition coefficient (Wildman–Crippen LogP) is 5.63. The number of aromatic nitrogens is 1. The van der Waals surface area contributed by atoms with Crippen LogP contribution < -0.4 is 9.54 Å². The van der Waals surface area contributed by atoms with Crippen LogP contribution in [-0.4, -0.2) is 24.0 Å². The van der Waals surface area contributed by atoms with E-state index in [1.807, 2.05) is 17.7 Å². The molecule has 0 amide bonds. The van der Waals surface area contributed by atoms with Crippen molar-refractivity contribution in [2.75, 3.05) is 13.7 Å². The molecule has 0 bridgehead atoms. The molecule has 5 heteroatoms. The molecule has 0 aliphatic heterocycles. The molecule has 1 fully saturated rings. The van der Waals surface area contributed by atoms with Gasteiger partial charge in [-0.1, -0.05) is 30.4 Å². The van der Waals surface area contributed by atoms with E-state index in [-0.39, 0.29) is 0 Å². The lowest BCUT2D eigenvalue weighted by molar-refractivity contribution is 0.415. The molecule has 0 radical (unpaired) electrons. The number of benzene rings is 2. The fourth-order valence-corrected chi connectivity index (χ4v) is 4.27. The Balaban J connectivity index is 1.82. The second kappa shape index (κ2) is 8.15. The van der Waals surface area contributed by atoms with E-state index < -0.39 is 0 Å². The third kappa shape index (κ3) is 3.94. The molecule has 144 valence electrons. The Labute approximate surface area is 169 Å². The van der Waals surface area contributed by atoms with Crippen molar-refractivity contribution in [1.29, 1.82) is 0 Å². The van der Waals surface area contributed by atoms with Gasteiger partial charge < -0.3 is 4.74 Å². The number of methoxy groups -OCH3 is 1. The van der Waals surface area contributed by atoms with E-state index in [0.29, 0.717) is 6.54 Å². The normalized spacial score (nSPS) is 14.6. The van der Waals surface area contributed by atoms with Crippen LogP contribution >= 0.6 is 11.3 Å². The Morgan fingerprint density at radius 1 is 1.14 bits per heavy atom. The van der Waals surface area contributed by atoms with Crippen molar-refractivity contribution in [3.05, 3.63) is 58.7 Å². The maximum absolute atomic E-state index is 5.34. The molecule has 0 spiro atoms. The van der Waals surface area contributed by atoms with Crippen molar-refractivity contribution in [1.82, 2.24) is 4.68 Å². The van der Waals surface area contributed by atoms with Gasteiger partial charge in [0.25, 0.3) is 0 Å². The molecule has 0 atom stereocenters. The summed E-state index contributed by atoms with van der Waals surface area (Å²) in [5.41, 5.74) is 4.55. The summed E-state index contributed by atoms with van der Waals surface area (Å²) in [6.07, 6.45) is 4.63. The van der Waals surface area contributed by atoms with Crippen LogP contribution in [0.5, 0.6) is 5.75 Å².